The summed E-state index contributed by atoms with van der Waals surface area (Å²) in [7, 11) is -2.58. The first-order valence-corrected chi connectivity index (χ1v) is 12.4. The topological polar surface area (TPSA) is 88.1 Å². The Bertz CT molecular complexity index is 1270. The number of ether oxygens (including phenoxy) is 1. The highest BCUT2D eigenvalue weighted by molar-refractivity contribution is 9.10. The quantitative estimate of drug-likeness (QED) is 0.301. The lowest BCUT2D eigenvalue weighted by molar-refractivity contribution is -0.119. The van der Waals surface area contributed by atoms with Crippen LogP contribution in [0.3, 0.4) is 0 Å². The molecule has 7 nitrogen and oxygen atoms in total. The number of hydrazone groups is 1. The van der Waals surface area contributed by atoms with Crippen molar-refractivity contribution < 1.29 is 17.9 Å². The molecule has 0 fully saturated rings. The van der Waals surface area contributed by atoms with E-state index in [1.165, 1.54) is 43.7 Å². The summed E-state index contributed by atoms with van der Waals surface area (Å²) in [6.45, 7) is -0.555. The van der Waals surface area contributed by atoms with E-state index in [0.717, 1.165) is 8.78 Å². The summed E-state index contributed by atoms with van der Waals surface area (Å²) in [6.07, 6.45) is 1.40. The van der Waals surface area contributed by atoms with E-state index < -0.39 is 22.5 Å². The van der Waals surface area contributed by atoms with Gasteiger partial charge in [-0.2, -0.15) is 5.10 Å². The van der Waals surface area contributed by atoms with Gasteiger partial charge in [0.15, 0.2) is 0 Å². The number of halogens is 3. The monoisotopic (exact) mass is 569 g/mol. The van der Waals surface area contributed by atoms with E-state index in [-0.39, 0.29) is 20.6 Å². The van der Waals surface area contributed by atoms with Gasteiger partial charge in [-0.05, 0) is 48.5 Å². The molecule has 0 atom stereocenters. The van der Waals surface area contributed by atoms with Crippen LogP contribution in [0.15, 0.2) is 81.2 Å². The van der Waals surface area contributed by atoms with E-state index in [0.29, 0.717) is 11.3 Å². The summed E-state index contributed by atoms with van der Waals surface area (Å²) in [5.74, 6) is -0.117. The first kappa shape index (κ1) is 25.0. The number of rotatable bonds is 8. The molecule has 3 rings (SSSR count). The third-order valence-electron chi connectivity index (χ3n) is 4.34. The van der Waals surface area contributed by atoms with Crippen LogP contribution in [0.1, 0.15) is 5.56 Å². The molecule has 0 aliphatic rings. The van der Waals surface area contributed by atoms with Crippen LogP contribution in [0.4, 0.5) is 5.69 Å². The first-order chi connectivity index (χ1) is 15.7. The van der Waals surface area contributed by atoms with Crippen molar-refractivity contribution in [2.45, 2.75) is 4.90 Å². The number of nitrogens with zero attached hydrogens (tertiary/aromatic N) is 2. The predicted octanol–water partition coefficient (Wildman–Crippen LogP) is 5.11. The number of anilines is 1. The van der Waals surface area contributed by atoms with Gasteiger partial charge in [-0.25, -0.2) is 13.8 Å². The van der Waals surface area contributed by atoms with Gasteiger partial charge in [-0.3, -0.25) is 9.10 Å². The molecule has 0 radical (unpaired) electrons. The SMILES string of the molecule is COc1ccc(Br)cc1/C=N\NC(=O)CN(c1cc(Cl)cc(Cl)c1)S(=O)(=O)c1ccccc1. The molecule has 1 amide bonds. The van der Waals surface area contributed by atoms with E-state index in [9.17, 15) is 13.2 Å². The third kappa shape index (κ3) is 6.48. The molecule has 0 saturated carbocycles. The van der Waals surface area contributed by atoms with Crippen molar-refractivity contribution in [3.63, 3.8) is 0 Å². The molecule has 0 aliphatic carbocycles. The van der Waals surface area contributed by atoms with E-state index in [1.54, 1.807) is 36.4 Å². The number of hydrogen-bond acceptors (Lipinski definition) is 5. The molecule has 3 aromatic carbocycles. The Hall–Kier alpha value is -2.59. The number of carbonyl (C=O) groups is 1. The fourth-order valence-corrected chi connectivity index (χ4v) is 5.18. The lowest BCUT2D eigenvalue weighted by atomic mass is 10.2. The average Bonchev–Trinajstić information content (AvgIpc) is 2.77. The van der Waals surface area contributed by atoms with Crippen LogP contribution in [0.2, 0.25) is 10.0 Å². The molecule has 0 aliphatic heterocycles. The van der Waals surface area contributed by atoms with Gasteiger partial charge in [0.1, 0.15) is 12.3 Å². The van der Waals surface area contributed by atoms with E-state index in [2.05, 4.69) is 26.5 Å². The summed E-state index contributed by atoms with van der Waals surface area (Å²) in [6, 6.07) is 17.3. The third-order valence-corrected chi connectivity index (χ3v) is 7.06. The number of methoxy groups -OCH3 is 1. The van der Waals surface area contributed by atoms with Crippen molar-refractivity contribution in [1.29, 1.82) is 0 Å². The highest BCUT2D eigenvalue weighted by Gasteiger charge is 2.27. The smallest absolute Gasteiger partial charge is 0.264 e. The number of sulfonamides is 1. The summed E-state index contributed by atoms with van der Waals surface area (Å²) >= 11 is 15.5. The summed E-state index contributed by atoms with van der Waals surface area (Å²) in [5.41, 5.74) is 3.10. The molecule has 0 bridgehead atoms. The van der Waals surface area contributed by atoms with Gasteiger partial charge in [0.25, 0.3) is 15.9 Å². The molecule has 1 N–H and O–H groups in total. The summed E-state index contributed by atoms with van der Waals surface area (Å²) in [4.78, 5) is 12.7. The lowest BCUT2D eigenvalue weighted by Crippen LogP contribution is -2.39. The van der Waals surface area contributed by atoms with Crippen LogP contribution in [-0.2, 0) is 14.8 Å². The second-order valence-electron chi connectivity index (χ2n) is 6.63. The zero-order chi connectivity index (χ0) is 24.0. The molecule has 0 heterocycles. The zero-order valence-corrected chi connectivity index (χ0v) is 21.1. The van der Waals surface area contributed by atoms with E-state index in [4.69, 9.17) is 27.9 Å². The molecular formula is C22H18BrCl2N3O4S. The minimum absolute atomic E-state index is 0.0104. The summed E-state index contributed by atoms with van der Waals surface area (Å²) in [5, 5.41) is 4.38. The minimum atomic E-state index is -4.10. The Morgan fingerprint density at radius 2 is 1.76 bits per heavy atom. The Labute approximate surface area is 210 Å². The van der Waals surface area contributed by atoms with Crippen molar-refractivity contribution in [2.24, 2.45) is 5.10 Å². The zero-order valence-electron chi connectivity index (χ0n) is 17.2. The predicted molar refractivity (Wildman–Crippen MR) is 134 cm³/mol. The fourth-order valence-electron chi connectivity index (χ4n) is 2.86. The van der Waals surface area contributed by atoms with Crippen molar-refractivity contribution >= 4 is 67.0 Å². The molecule has 33 heavy (non-hydrogen) atoms. The van der Waals surface area contributed by atoms with Crippen LogP contribution >= 0.6 is 39.1 Å². The van der Waals surface area contributed by atoms with E-state index >= 15 is 0 Å². The maximum absolute atomic E-state index is 13.3. The number of nitrogens with one attached hydrogen (secondary N) is 1. The van der Waals surface area contributed by atoms with Crippen LogP contribution in [-0.4, -0.2) is 34.2 Å². The Morgan fingerprint density at radius 1 is 1.09 bits per heavy atom. The molecule has 3 aromatic rings. The van der Waals surface area contributed by atoms with Crippen LogP contribution in [0.5, 0.6) is 5.75 Å². The number of benzene rings is 3. The van der Waals surface area contributed by atoms with Crippen molar-refractivity contribution in [3.8, 4) is 5.75 Å². The fraction of sp³-hybridized carbons (Fsp3) is 0.0909. The maximum atomic E-state index is 13.3. The molecule has 0 aromatic heterocycles. The van der Waals surface area contributed by atoms with Crippen LogP contribution in [0.25, 0.3) is 0 Å². The average molecular weight is 571 g/mol. The molecule has 0 spiro atoms. The lowest BCUT2D eigenvalue weighted by Gasteiger charge is -2.24. The van der Waals surface area contributed by atoms with Crippen molar-refractivity contribution in [2.75, 3.05) is 18.0 Å². The highest BCUT2D eigenvalue weighted by atomic mass is 79.9. The molecule has 11 heteroatoms. The molecule has 0 saturated heterocycles. The van der Waals surface area contributed by atoms with Crippen molar-refractivity contribution in [3.05, 3.63) is 86.8 Å². The van der Waals surface area contributed by atoms with Gasteiger partial charge in [0.2, 0.25) is 0 Å². The number of hydrogen-bond donors (Lipinski definition) is 1. The second kappa shape index (κ2) is 11.0. The second-order valence-corrected chi connectivity index (χ2v) is 10.3. The standard InChI is InChI=1S/C22H18BrCl2N3O4S/c1-32-21-8-7-16(23)9-15(21)13-26-27-22(29)14-28(19-11-17(24)10-18(25)12-19)33(30,31)20-5-3-2-4-6-20/h2-13H,14H2,1H3,(H,27,29)/b26-13-. The van der Waals surface area contributed by atoms with Gasteiger partial charge in [0.05, 0.1) is 23.9 Å². The first-order valence-electron chi connectivity index (χ1n) is 9.40. The maximum Gasteiger partial charge on any atom is 0.264 e. The Balaban J connectivity index is 1.87. The van der Waals surface area contributed by atoms with Gasteiger partial charge in [0, 0.05) is 20.1 Å². The molecular weight excluding hydrogens is 553 g/mol. The Kier molecular flexibility index (Phi) is 8.36. The Morgan fingerprint density at radius 3 is 2.39 bits per heavy atom. The van der Waals surface area contributed by atoms with Gasteiger partial charge >= 0.3 is 0 Å². The minimum Gasteiger partial charge on any atom is -0.496 e. The van der Waals surface area contributed by atoms with Gasteiger partial charge in [-0.1, -0.05) is 57.3 Å². The van der Waals surface area contributed by atoms with Gasteiger partial charge < -0.3 is 4.74 Å². The van der Waals surface area contributed by atoms with Crippen molar-refractivity contribution in [1.82, 2.24) is 5.43 Å². The molecule has 0 unspecified atom stereocenters. The normalized spacial score (nSPS) is 11.4. The largest absolute Gasteiger partial charge is 0.496 e. The van der Waals surface area contributed by atoms with Crippen LogP contribution < -0.4 is 14.5 Å². The number of carbonyl (C=O) groups excluding carboxylic acids is 1. The van der Waals surface area contributed by atoms with E-state index in [1.807, 2.05) is 0 Å². The number of amides is 1. The van der Waals surface area contributed by atoms with Gasteiger partial charge in [-0.15, -0.1) is 0 Å². The highest BCUT2D eigenvalue weighted by Crippen LogP contribution is 2.29. The van der Waals surface area contributed by atoms with Crippen LogP contribution in [0, 0.1) is 0 Å². The summed E-state index contributed by atoms with van der Waals surface area (Å²) < 4.78 is 33.6. The molecule has 172 valence electrons.